The maximum Gasteiger partial charge on any atom is 0.315 e. The number of hydrogen-bond donors (Lipinski definition) is 2. The van der Waals surface area contributed by atoms with Gasteiger partial charge in [0.15, 0.2) is 0 Å². The Morgan fingerprint density at radius 2 is 1.86 bits per heavy atom. The van der Waals surface area contributed by atoms with Gasteiger partial charge in [-0.1, -0.05) is 17.7 Å². The third kappa shape index (κ3) is 5.24. The third-order valence-electron chi connectivity index (χ3n) is 3.68. The molecule has 1 fully saturated rings. The van der Waals surface area contributed by atoms with E-state index in [0.29, 0.717) is 13.1 Å². The first kappa shape index (κ1) is 16.6. The van der Waals surface area contributed by atoms with Crippen LogP contribution in [0.5, 0.6) is 0 Å². The summed E-state index contributed by atoms with van der Waals surface area (Å²) in [5, 5.41) is 6.31. The highest BCUT2D eigenvalue weighted by molar-refractivity contribution is 6.30. The summed E-state index contributed by atoms with van der Waals surface area (Å²) >= 11 is 5.92. The summed E-state index contributed by atoms with van der Waals surface area (Å²) in [7, 11) is 0. The summed E-state index contributed by atoms with van der Waals surface area (Å²) in [5.74, 6) is 0. The number of hydrogen-bond acceptors (Lipinski definition) is 3. The van der Waals surface area contributed by atoms with Crippen molar-refractivity contribution < 1.29 is 4.79 Å². The molecule has 120 valence electrons. The van der Waals surface area contributed by atoms with Gasteiger partial charge in [0.1, 0.15) is 0 Å². The van der Waals surface area contributed by atoms with Gasteiger partial charge in [-0.15, -0.1) is 6.58 Å². The lowest BCUT2D eigenvalue weighted by Gasteiger charge is -2.36. The van der Waals surface area contributed by atoms with E-state index in [1.165, 1.54) is 5.69 Å². The summed E-state index contributed by atoms with van der Waals surface area (Å²) < 4.78 is 0. The predicted molar refractivity (Wildman–Crippen MR) is 91.7 cm³/mol. The second-order valence-corrected chi connectivity index (χ2v) is 5.67. The van der Waals surface area contributed by atoms with Crippen LogP contribution in [-0.4, -0.2) is 56.7 Å². The van der Waals surface area contributed by atoms with Crippen molar-refractivity contribution in [2.75, 3.05) is 50.7 Å². The molecule has 6 heteroatoms. The van der Waals surface area contributed by atoms with Gasteiger partial charge in [0.2, 0.25) is 0 Å². The molecule has 1 aliphatic heterocycles. The molecule has 0 saturated carbocycles. The van der Waals surface area contributed by atoms with Crippen LogP contribution in [0.4, 0.5) is 10.5 Å². The molecule has 0 atom stereocenters. The average Bonchev–Trinajstić information content (AvgIpc) is 2.54. The number of carbonyl (C=O) groups excluding carboxylic acids is 1. The van der Waals surface area contributed by atoms with Crippen LogP contribution in [0.25, 0.3) is 0 Å². The van der Waals surface area contributed by atoms with E-state index >= 15 is 0 Å². The van der Waals surface area contributed by atoms with Crippen molar-refractivity contribution in [2.24, 2.45) is 0 Å². The first-order valence-corrected chi connectivity index (χ1v) is 7.92. The maximum absolute atomic E-state index is 11.4. The van der Waals surface area contributed by atoms with Gasteiger partial charge >= 0.3 is 6.03 Å². The second-order valence-electron chi connectivity index (χ2n) is 5.23. The van der Waals surface area contributed by atoms with Crippen molar-refractivity contribution in [1.29, 1.82) is 0 Å². The standard InChI is InChI=1S/C16H23ClN4O/c1-2-7-18-16(22)19-8-9-20-10-12-21(13-11-20)15-5-3-14(17)4-6-15/h2-6H,1,7-13H2,(H2,18,19,22). The Balaban J connectivity index is 1.66. The largest absolute Gasteiger partial charge is 0.369 e. The maximum atomic E-state index is 11.4. The summed E-state index contributed by atoms with van der Waals surface area (Å²) in [6.45, 7) is 9.56. The number of piperazine rings is 1. The first-order chi connectivity index (χ1) is 10.7. The van der Waals surface area contributed by atoms with E-state index in [-0.39, 0.29) is 6.03 Å². The van der Waals surface area contributed by atoms with Gasteiger partial charge in [0.25, 0.3) is 0 Å². The van der Waals surface area contributed by atoms with E-state index in [9.17, 15) is 4.79 Å². The molecule has 1 saturated heterocycles. The summed E-state index contributed by atoms with van der Waals surface area (Å²) in [5.41, 5.74) is 1.21. The molecule has 1 aromatic rings. The minimum absolute atomic E-state index is 0.139. The van der Waals surface area contributed by atoms with Crippen molar-refractivity contribution in [2.45, 2.75) is 0 Å². The summed E-state index contributed by atoms with van der Waals surface area (Å²) in [4.78, 5) is 16.1. The van der Waals surface area contributed by atoms with Gasteiger partial charge in [-0.25, -0.2) is 4.79 Å². The molecule has 1 heterocycles. The van der Waals surface area contributed by atoms with Crippen molar-refractivity contribution in [3.8, 4) is 0 Å². The smallest absolute Gasteiger partial charge is 0.315 e. The molecule has 0 aromatic heterocycles. The zero-order chi connectivity index (χ0) is 15.8. The molecule has 1 aromatic carbocycles. The quantitative estimate of drug-likeness (QED) is 0.787. The van der Waals surface area contributed by atoms with Gasteiger partial charge in [0.05, 0.1) is 0 Å². The molecule has 2 amide bonds. The van der Waals surface area contributed by atoms with Gasteiger partial charge < -0.3 is 15.5 Å². The Morgan fingerprint density at radius 3 is 2.50 bits per heavy atom. The van der Waals surface area contributed by atoms with Gasteiger partial charge in [0, 0.05) is 56.5 Å². The Labute approximate surface area is 136 Å². The highest BCUT2D eigenvalue weighted by Crippen LogP contribution is 2.19. The van der Waals surface area contributed by atoms with Gasteiger partial charge in [-0.2, -0.15) is 0 Å². The minimum atomic E-state index is -0.139. The van der Waals surface area contributed by atoms with E-state index < -0.39 is 0 Å². The summed E-state index contributed by atoms with van der Waals surface area (Å²) in [6.07, 6.45) is 1.66. The molecule has 5 nitrogen and oxygen atoms in total. The molecule has 0 radical (unpaired) electrons. The number of amides is 2. The number of anilines is 1. The predicted octanol–water partition coefficient (Wildman–Crippen LogP) is 1.95. The fourth-order valence-corrected chi connectivity index (χ4v) is 2.56. The molecule has 2 N–H and O–H groups in total. The zero-order valence-corrected chi connectivity index (χ0v) is 13.5. The number of nitrogens with one attached hydrogen (secondary N) is 2. The lowest BCUT2D eigenvalue weighted by Crippen LogP contribution is -2.49. The van der Waals surface area contributed by atoms with Crippen LogP contribution in [0.1, 0.15) is 0 Å². The average molecular weight is 323 g/mol. The Morgan fingerprint density at radius 1 is 1.18 bits per heavy atom. The Hall–Kier alpha value is -1.72. The topological polar surface area (TPSA) is 47.6 Å². The molecule has 0 aliphatic carbocycles. The van der Waals surface area contributed by atoms with Gasteiger partial charge in [-0.3, -0.25) is 4.90 Å². The van der Waals surface area contributed by atoms with E-state index in [1.54, 1.807) is 6.08 Å². The van der Waals surface area contributed by atoms with Crippen LogP contribution in [0.2, 0.25) is 5.02 Å². The van der Waals surface area contributed by atoms with Crippen molar-refractivity contribution >= 4 is 23.3 Å². The highest BCUT2D eigenvalue weighted by atomic mass is 35.5. The number of halogens is 1. The van der Waals surface area contributed by atoms with Crippen LogP contribution in [0.15, 0.2) is 36.9 Å². The molecule has 0 spiro atoms. The number of nitrogens with zero attached hydrogens (tertiary/aromatic N) is 2. The van der Waals surface area contributed by atoms with Crippen molar-refractivity contribution in [1.82, 2.24) is 15.5 Å². The normalized spacial score (nSPS) is 15.4. The van der Waals surface area contributed by atoms with Crippen LogP contribution < -0.4 is 15.5 Å². The van der Waals surface area contributed by atoms with E-state index in [2.05, 4.69) is 39.1 Å². The number of rotatable bonds is 6. The minimum Gasteiger partial charge on any atom is -0.369 e. The van der Waals surface area contributed by atoms with Gasteiger partial charge in [-0.05, 0) is 24.3 Å². The van der Waals surface area contributed by atoms with Crippen LogP contribution in [0.3, 0.4) is 0 Å². The van der Waals surface area contributed by atoms with Crippen molar-refractivity contribution in [3.05, 3.63) is 41.9 Å². The third-order valence-corrected chi connectivity index (χ3v) is 3.94. The lowest BCUT2D eigenvalue weighted by molar-refractivity contribution is 0.233. The highest BCUT2D eigenvalue weighted by Gasteiger charge is 2.16. The van der Waals surface area contributed by atoms with Crippen molar-refractivity contribution in [3.63, 3.8) is 0 Å². The van der Waals surface area contributed by atoms with Crippen LogP contribution >= 0.6 is 11.6 Å². The number of benzene rings is 1. The molecule has 2 rings (SSSR count). The fourth-order valence-electron chi connectivity index (χ4n) is 2.44. The molecule has 0 bridgehead atoms. The number of carbonyl (C=O) groups is 1. The number of urea groups is 1. The monoisotopic (exact) mass is 322 g/mol. The Bertz CT molecular complexity index is 483. The molecule has 22 heavy (non-hydrogen) atoms. The second kappa shape index (κ2) is 8.66. The zero-order valence-electron chi connectivity index (χ0n) is 12.7. The lowest BCUT2D eigenvalue weighted by atomic mass is 10.2. The van der Waals surface area contributed by atoms with E-state index in [1.807, 2.05) is 12.1 Å². The SMILES string of the molecule is C=CCNC(=O)NCCN1CCN(c2ccc(Cl)cc2)CC1. The van der Waals surface area contributed by atoms with E-state index in [4.69, 9.17) is 11.6 Å². The van der Waals surface area contributed by atoms with E-state index in [0.717, 1.165) is 37.7 Å². The summed E-state index contributed by atoms with van der Waals surface area (Å²) in [6, 6.07) is 7.83. The molecular weight excluding hydrogens is 300 g/mol. The fraction of sp³-hybridized carbons (Fsp3) is 0.438. The van der Waals surface area contributed by atoms with Crippen LogP contribution in [0, 0.1) is 0 Å². The first-order valence-electron chi connectivity index (χ1n) is 7.54. The van der Waals surface area contributed by atoms with Crippen LogP contribution in [-0.2, 0) is 0 Å². The molecule has 1 aliphatic rings. The molecular formula is C16H23ClN4O. The Kier molecular flexibility index (Phi) is 6.55. The molecule has 0 unspecified atom stereocenters.